The molecule has 0 aliphatic heterocycles. The molecule has 1 aromatic rings. The van der Waals surface area contributed by atoms with Crippen molar-refractivity contribution in [2.45, 2.75) is 32.0 Å². The fourth-order valence-corrected chi connectivity index (χ4v) is 1.46. The van der Waals surface area contributed by atoms with Crippen LogP contribution in [0.3, 0.4) is 0 Å². The van der Waals surface area contributed by atoms with Crippen LogP contribution in [0, 0.1) is 0 Å². The van der Waals surface area contributed by atoms with Gasteiger partial charge in [-0.1, -0.05) is 5.21 Å². The lowest BCUT2D eigenvalue weighted by molar-refractivity contribution is -0.144. The fourth-order valence-electron chi connectivity index (χ4n) is 1.46. The number of hydrogen-bond acceptors (Lipinski definition) is 4. The largest absolute Gasteiger partial charge is 0.476 e. The number of rotatable bonds is 6. The van der Waals surface area contributed by atoms with Gasteiger partial charge in [0.1, 0.15) is 0 Å². The van der Waals surface area contributed by atoms with Gasteiger partial charge in [0.05, 0.1) is 0 Å². The number of carbonyl (C=O) groups excluding carboxylic acids is 1. The summed E-state index contributed by atoms with van der Waals surface area (Å²) >= 11 is 0. The summed E-state index contributed by atoms with van der Waals surface area (Å²) in [4.78, 5) is 21.1. The average molecular weight is 280 g/mol. The molecule has 0 radical (unpaired) electrons. The minimum Gasteiger partial charge on any atom is -0.476 e. The zero-order chi connectivity index (χ0) is 14.6. The maximum atomic E-state index is 12.7. The Hall–Kier alpha value is -2.13. The highest BCUT2D eigenvalue weighted by molar-refractivity contribution is 5.86. The molecular weight excluding hydrogens is 269 g/mol. The van der Waals surface area contributed by atoms with E-state index in [4.69, 9.17) is 10.8 Å². The normalized spacial score (nSPS) is 11.5. The molecular formula is C9H11F3N4O3. The zero-order valence-electron chi connectivity index (χ0n) is 9.65. The second kappa shape index (κ2) is 5.67. The topological polar surface area (TPSA) is 111 Å². The standard InChI is InChI=1S/C9H11F3N4O3/c10-9(11,12)7-6(8(18)19)14-15-16(7)4-2-1-3-5(13)17/h1-4H2,(H2,13,17)(H,18,19). The molecule has 0 saturated heterocycles. The lowest BCUT2D eigenvalue weighted by Crippen LogP contribution is -2.19. The van der Waals surface area contributed by atoms with Gasteiger partial charge in [0, 0.05) is 13.0 Å². The summed E-state index contributed by atoms with van der Waals surface area (Å²) in [7, 11) is 0. The van der Waals surface area contributed by atoms with Gasteiger partial charge in [0.25, 0.3) is 0 Å². The number of alkyl halides is 3. The predicted molar refractivity (Wildman–Crippen MR) is 55.0 cm³/mol. The minimum absolute atomic E-state index is 0.0435. The summed E-state index contributed by atoms with van der Waals surface area (Å²) < 4.78 is 38.6. The van der Waals surface area contributed by atoms with E-state index in [1.807, 2.05) is 0 Å². The van der Waals surface area contributed by atoms with Crippen LogP contribution in [0.5, 0.6) is 0 Å². The number of primary amides is 1. The number of nitrogens with zero attached hydrogens (tertiary/aromatic N) is 3. The van der Waals surface area contributed by atoms with Crippen LogP contribution in [0.25, 0.3) is 0 Å². The Morgan fingerprint density at radius 1 is 1.32 bits per heavy atom. The summed E-state index contributed by atoms with van der Waals surface area (Å²) in [5.41, 5.74) is 2.34. The van der Waals surface area contributed by atoms with Crippen LogP contribution in [0.2, 0.25) is 0 Å². The van der Waals surface area contributed by atoms with Crippen molar-refractivity contribution in [3.05, 3.63) is 11.4 Å². The van der Waals surface area contributed by atoms with E-state index in [1.54, 1.807) is 0 Å². The molecule has 0 spiro atoms. The molecule has 10 heteroatoms. The number of hydrogen-bond donors (Lipinski definition) is 2. The third kappa shape index (κ3) is 3.93. The molecule has 0 atom stereocenters. The van der Waals surface area contributed by atoms with Gasteiger partial charge in [-0.3, -0.25) is 4.79 Å². The summed E-state index contributed by atoms with van der Waals surface area (Å²) in [6.07, 6.45) is -4.33. The Bertz CT molecular complexity index is 484. The second-order valence-electron chi connectivity index (χ2n) is 3.74. The van der Waals surface area contributed by atoms with Crippen LogP contribution in [-0.2, 0) is 17.5 Å². The maximum Gasteiger partial charge on any atom is 0.435 e. The third-order valence-electron chi connectivity index (χ3n) is 2.25. The number of carboxylic acid groups (broad SMARTS) is 1. The molecule has 7 nitrogen and oxygen atoms in total. The van der Waals surface area contributed by atoms with Crippen LogP contribution in [0.15, 0.2) is 0 Å². The van der Waals surface area contributed by atoms with Crippen LogP contribution in [0.1, 0.15) is 35.4 Å². The Morgan fingerprint density at radius 2 is 1.95 bits per heavy atom. The van der Waals surface area contributed by atoms with E-state index >= 15 is 0 Å². The smallest absolute Gasteiger partial charge is 0.435 e. The van der Waals surface area contributed by atoms with Crippen LogP contribution in [0.4, 0.5) is 13.2 Å². The maximum absolute atomic E-state index is 12.7. The number of halogens is 3. The first kappa shape index (κ1) is 14.9. The van der Waals surface area contributed by atoms with Gasteiger partial charge in [-0.2, -0.15) is 13.2 Å². The number of carboxylic acids is 1. The Balaban J connectivity index is 2.84. The zero-order valence-corrected chi connectivity index (χ0v) is 9.65. The highest BCUT2D eigenvalue weighted by atomic mass is 19.4. The number of amides is 1. The predicted octanol–water partition coefficient (Wildman–Crippen LogP) is 0.651. The number of aryl methyl sites for hydroxylation is 1. The van der Waals surface area contributed by atoms with Crippen LogP contribution in [-0.4, -0.2) is 32.0 Å². The van der Waals surface area contributed by atoms with Crippen molar-refractivity contribution in [2.75, 3.05) is 0 Å². The lowest BCUT2D eigenvalue weighted by Gasteiger charge is -2.09. The first-order chi connectivity index (χ1) is 8.73. The first-order valence-corrected chi connectivity index (χ1v) is 5.25. The molecule has 1 aromatic heterocycles. The van der Waals surface area contributed by atoms with Crippen molar-refractivity contribution in [3.8, 4) is 0 Å². The highest BCUT2D eigenvalue weighted by Crippen LogP contribution is 2.31. The molecule has 1 rings (SSSR count). The summed E-state index contributed by atoms with van der Waals surface area (Å²) in [6.45, 7) is -0.192. The van der Waals surface area contributed by atoms with Crippen molar-refractivity contribution in [2.24, 2.45) is 5.73 Å². The molecule has 106 valence electrons. The van der Waals surface area contributed by atoms with Gasteiger partial charge >= 0.3 is 12.1 Å². The molecule has 3 N–H and O–H groups in total. The molecule has 1 heterocycles. The van der Waals surface area contributed by atoms with Crippen molar-refractivity contribution in [1.29, 1.82) is 0 Å². The third-order valence-corrected chi connectivity index (χ3v) is 2.25. The molecule has 1 amide bonds. The van der Waals surface area contributed by atoms with Crippen LogP contribution >= 0.6 is 0 Å². The van der Waals surface area contributed by atoms with Crippen LogP contribution < -0.4 is 5.73 Å². The van der Waals surface area contributed by atoms with Gasteiger partial charge in [0.2, 0.25) is 11.6 Å². The van der Waals surface area contributed by atoms with E-state index in [1.165, 1.54) is 0 Å². The quantitative estimate of drug-likeness (QED) is 0.743. The number of aromatic carboxylic acids is 1. The van der Waals surface area contributed by atoms with Gasteiger partial charge in [-0.25, -0.2) is 9.48 Å². The van der Waals surface area contributed by atoms with Gasteiger partial charge in [-0.15, -0.1) is 5.10 Å². The number of nitrogens with two attached hydrogens (primary N) is 1. The number of aromatic nitrogens is 3. The number of unbranched alkanes of at least 4 members (excludes halogenated alkanes) is 1. The van der Waals surface area contributed by atoms with Gasteiger partial charge in [-0.05, 0) is 12.8 Å². The van der Waals surface area contributed by atoms with E-state index in [0.29, 0.717) is 4.68 Å². The van der Waals surface area contributed by atoms with Crippen molar-refractivity contribution in [3.63, 3.8) is 0 Å². The van der Waals surface area contributed by atoms with Crippen molar-refractivity contribution < 1.29 is 27.9 Å². The Labute approximate surface area is 105 Å². The summed E-state index contributed by atoms with van der Waals surface area (Å²) in [6, 6.07) is 0. The van der Waals surface area contributed by atoms with Crippen molar-refractivity contribution in [1.82, 2.24) is 15.0 Å². The average Bonchev–Trinajstić information content (AvgIpc) is 2.67. The Morgan fingerprint density at radius 3 is 2.42 bits per heavy atom. The SMILES string of the molecule is NC(=O)CCCCn1nnc(C(=O)O)c1C(F)(F)F. The van der Waals surface area contributed by atoms with E-state index in [0.717, 1.165) is 0 Å². The summed E-state index contributed by atoms with van der Waals surface area (Å²) in [5.74, 6) is -2.35. The highest BCUT2D eigenvalue weighted by Gasteiger charge is 2.41. The molecule has 19 heavy (non-hydrogen) atoms. The molecule has 0 aliphatic carbocycles. The molecule has 0 bridgehead atoms. The van der Waals surface area contributed by atoms with Gasteiger partial charge in [0.15, 0.2) is 5.69 Å². The van der Waals surface area contributed by atoms with Crippen molar-refractivity contribution >= 4 is 11.9 Å². The molecule has 0 aromatic carbocycles. The molecule has 0 aliphatic rings. The molecule has 0 unspecified atom stereocenters. The van der Waals surface area contributed by atoms with E-state index in [2.05, 4.69) is 10.3 Å². The number of carbonyl (C=O) groups is 2. The molecule has 0 fully saturated rings. The molecule has 0 saturated carbocycles. The first-order valence-electron chi connectivity index (χ1n) is 5.25. The Kier molecular flexibility index (Phi) is 4.46. The van der Waals surface area contributed by atoms with E-state index in [-0.39, 0.29) is 25.8 Å². The minimum atomic E-state index is -4.86. The van der Waals surface area contributed by atoms with Gasteiger partial charge < -0.3 is 10.8 Å². The lowest BCUT2D eigenvalue weighted by atomic mass is 10.2. The summed E-state index contributed by atoms with van der Waals surface area (Å²) in [5, 5.41) is 14.8. The van der Waals surface area contributed by atoms with E-state index in [9.17, 15) is 22.8 Å². The fraction of sp³-hybridized carbons (Fsp3) is 0.556. The monoisotopic (exact) mass is 280 g/mol. The second-order valence-corrected chi connectivity index (χ2v) is 3.74. The van der Waals surface area contributed by atoms with E-state index < -0.39 is 29.4 Å².